The summed E-state index contributed by atoms with van der Waals surface area (Å²) in [6.07, 6.45) is 7.43. The summed E-state index contributed by atoms with van der Waals surface area (Å²) in [5, 5.41) is 10.1. The van der Waals surface area contributed by atoms with Gasteiger partial charge in [-0.25, -0.2) is 13.1 Å². The van der Waals surface area contributed by atoms with Gasteiger partial charge in [-0.1, -0.05) is 36.8 Å². The number of hydrogen-bond acceptors (Lipinski definition) is 6. The molecule has 128 valence electrons. The Hall–Kier alpha value is -1.32. The second-order valence-electron chi connectivity index (χ2n) is 5.77. The van der Waals surface area contributed by atoms with Gasteiger partial charge in [0.2, 0.25) is 15.4 Å². The van der Waals surface area contributed by atoms with Crippen LogP contribution >= 0.6 is 11.3 Å². The van der Waals surface area contributed by atoms with E-state index in [1.165, 1.54) is 18.4 Å². The predicted molar refractivity (Wildman–Crippen MR) is 89.7 cm³/mol. The smallest absolute Gasteiger partial charge is 0.269 e. The minimum atomic E-state index is -3.68. The number of aromatic nitrogens is 2. The standard InChI is InChI=1S/C14H22N4O3S2/c1-10(2)12(19)16-13-17-18-14(22-13)23(20,21)15-9-8-11-6-4-3-5-7-11/h6,10,15H,3-5,7-9H2,1-2H3,(H,16,17,19). The van der Waals surface area contributed by atoms with Crippen LogP contribution in [0.15, 0.2) is 16.0 Å². The van der Waals surface area contributed by atoms with Gasteiger partial charge in [0.15, 0.2) is 0 Å². The third kappa shape index (κ3) is 5.36. The molecular weight excluding hydrogens is 336 g/mol. The summed E-state index contributed by atoms with van der Waals surface area (Å²) in [6, 6.07) is 0. The maximum absolute atomic E-state index is 12.2. The maximum atomic E-state index is 12.2. The third-order valence-corrected chi connectivity index (χ3v) is 6.18. The van der Waals surface area contributed by atoms with E-state index in [0.717, 1.165) is 30.6 Å². The highest BCUT2D eigenvalue weighted by atomic mass is 32.2. The van der Waals surface area contributed by atoms with Crippen LogP contribution in [-0.4, -0.2) is 31.1 Å². The van der Waals surface area contributed by atoms with Crippen molar-refractivity contribution < 1.29 is 13.2 Å². The second kappa shape index (κ2) is 7.98. The van der Waals surface area contributed by atoms with E-state index in [2.05, 4.69) is 26.3 Å². The van der Waals surface area contributed by atoms with E-state index < -0.39 is 10.0 Å². The molecule has 1 aromatic heterocycles. The van der Waals surface area contributed by atoms with Gasteiger partial charge in [-0.15, -0.1) is 10.2 Å². The number of sulfonamides is 1. The van der Waals surface area contributed by atoms with E-state index in [9.17, 15) is 13.2 Å². The van der Waals surface area contributed by atoms with Crippen LogP contribution in [0.3, 0.4) is 0 Å². The van der Waals surface area contributed by atoms with E-state index in [0.29, 0.717) is 6.54 Å². The van der Waals surface area contributed by atoms with Crippen LogP contribution in [0.2, 0.25) is 0 Å². The minimum absolute atomic E-state index is 0.130. The lowest BCUT2D eigenvalue weighted by Crippen LogP contribution is -2.25. The van der Waals surface area contributed by atoms with Crippen molar-refractivity contribution in [3.05, 3.63) is 11.6 Å². The van der Waals surface area contributed by atoms with Crippen molar-refractivity contribution in [2.24, 2.45) is 5.92 Å². The molecule has 0 unspecified atom stereocenters. The molecule has 0 saturated heterocycles. The topological polar surface area (TPSA) is 101 Å². The molecule has 1 aliphatic carbocycles. The molecule has 0 bridgehead atoms. The molecule has 1 aromatic rings. The molecule has 23 heavy (non-hydrogen) atoms. The van der Waals surface area contributed by atoms with E-state index >= 15 is 0 Å². The second-order valence-corrected chi connectivity index (χ2v) is 8.69. The number of rotatable bonds is 7. The molecule has 0 radical (unpaired) electrons. The molecule has 0 spiro atoms. The zero-order valence-electron chi connectivity index (χ0n) is 13.3. The summed E-state index contributed by atoms with van der Waals surface area (Å²) in [4.78, 5) is 11.6. The van der Waals surface area contributed by atoms with Crippen molar-refractivity contribution in [2.75, 3.05) is 11.9 Å². The minimum Gasteiger partial charge on any atom is -0.300 e. The summed E-state index contributed by atoms with van der Waals surface area (Å²) >= 11 is 0.852. The molecule has 0 aliphatic heterocycles. The van der Waals surface area contributed by atoms with Crippen LogP contribution in [0.5, 0.6) is 0 Å². The fraction of sp³-hybridized carbons (Fsp3) is 0.643. The van der Waals surface area contributed by atoms with Crippen molar-refractivity contribution >= 4 is 32.4 Å². The number of carbonyl (C=O) groups is 1. The Bertz CT molecular complexity index is 680. The normalized spacial score (nSPS) is 15.5. The lowest BCUT2D eigenvalue weighted by atomic mass is 9.97. The molecule has 0 fully saturated rings. The average molecular weight is 358 g/mol. The lowest BCUT2D eigenvalue weighted by Gasteiger charge is -2.12. The highest BCUT2D eigenvalue weighted by molar-refractivity contribution is 7.91. The van der Waals surface area contributed by atoms with Gasteiger partial charge in [0, 0.05) is 12.5 Å². The Labute approximate surface area is 140 Å². The van der Waals surface area contributed by atoms with Crippen LogP contribution in [-0.2, 0) is 14.8 Å². The van der Waals surface area contributed by atoms with E-state index in [4.69, 9.17) is 0 Å². The molecular formula is C14H22N4O3S2. The van der Waals surface area contributed by atoms with Crippen molar-refractivity contribution in [1.82, 2.24) is 14.9 Å². The molecule has 1 heterocycles. The van der Waals surface area contributed by atoms with Gasteiger partial charge in [-0.05, 0) is 32.1 Å². The highest BCUT2D eigenvalue weighted by Gasteiger charge is 2.21. The van der Waals surface area contributed by atoms with Crippen LogP contribution in [0.1, 0.15) is 46.0 Å². The van der Waals surface area contributed by atoms with Crippen LogP contribution < -0.4 is 10.0 Å². The number of anilines is 1. The van der Waals surface area contributed by atoms with Crippen molar-refractivity contribution in [1.29, 1.82) is 0 Å². The van der Waals surface area contributed by atoms with Gasteiger partial charge in [-0.2, -0.15) is 0 Å². The van der Waals surface area contributed by atoms with Crippen molar-refractivity contribution in [3.63, 3.8) is 0 Å². The average Bonchev–Trinajstić information content (AvgIpc) is 2.97. The summed E-state index contributed by atoms with van der Waals surface area (Å²) in [5.74, 6) is -0.428. The molecule has 1 amide bonds. The number of allylic oxidation sites excluding steroid dienone is 1. The zero-order valence-corrected chi connectivity index (χ0v) is 15.0. The first kappa shape index (κ1) is 18.0. The number of hydrogen-bond donors (Lipinski definition) is 2. The Morgan fingerprint density at radius 3 is 2.78 bits per heavy atom. The first-order valence-electron chi connectivity index (χ1n) is 7.70. The van der Waals surface area contributed by atoms with E-state index in [1.807, 2.05) is 0 Å². The quantitative estimate of drug-likeness (QED) is 0.575. The third-order valence-electron chi connectivity index (χ3n) is 3.51. The summed E-state index contributed by atoms with van der Waals surface area (Å²) in [5.41, 5.74) is 1.31. The zero-order chi connectivity index (χ0) is 16.9. The van der Waals surface area contributed by atoms with Gasteiger partial charge < -0.3 is 5.32 Å². The first-order valence-corrected chi connectivity index (χ1v) is 10.0. The predicted octanol–water partition coefficient (Wildman–Crippen LogP) is 2.30. The molecule has 0 saturated carbocycles. The molecule has 0 atom stereocenters. The van der Waals surface area contributed by atoms with Gasteiger partial charge in [0.25, 0.3) is 10.0 Å². The van der Waals surface area contributed by atoms with Crippen LogP contribution in [0, 0.1) is 5.92 Å². The fourth-order valence-electron chi connectivity index (χ4n) is 2.16. The summed E-state index contributed by atoms with van der Waals surface area (Å²) in [6.45, 7) is 3.84. The van der Waals surface area contributed by atoms with Crippen LogP contribution in [0.25, 0.3) is 0 Å². The largest absolute Gasteiger partial charge is 0.300 e. The number of amides is 1. The highest BCUT2D eigenvalue weighted by Crippen LogP contribution is 2.22. The van der Waals surface area contributed by atoms with Crippen LogP contribution in [0.4, 0.5) is 5.13 Å². The Morgan fingerprint density at radius 2 is 2.13 bits per heavy atom. The molecule has 7 nitrogen and oxygen atoms in total. The fourth-order valence-corrected chi connectivity index (χ4v) is 4.13. The summed E-state index contributed by atoms with van der Waals surface area (Å²) in [7, 11) is -3.68. The van der Waals surface area contributed by atoms with Gasteiger partial charge >= 0.3 is 0 Å². The summed E-state index contributed by atoms with van der Waals surface area (Å²) < 4.78 is 26.8. The molecule has 2 N–H and O–H groups in total. The SMILES string of the molecule is CC(C)C(=O)Nc1nnc(S(=O)(=O)NCCC2=CCCCC2)s1. The maximum Gasteiger partial charge on any atom is 0.269 e. The first-order chi connectivity index (χ1) is 10.9. The van der Waals surface area contributed by atoms with Crippen molar-refractivity contribution in [2.45, 2.75) is 50.3 Å². The molecule has 1 aliphatic rings. The molecule has 0 aromatic carbocycles. The van der Waals surface area contributed by atoms with Gasteiger partial charge in [-0.3, -0.25) is 4.79 Å². The number of nitrogens with one attached hydrogen (secondary N) is 2. The van der Waals surface area contributed by atoms with Gasteiger partial charge in [0.1, 0.15) is 0 Å². The monoisotopic (exact) mass is 358 g/mol. The Morgan fingerprint density at radius 1 is 1.35 bits per heavy atom. The number of nitrogens with zero attached hydrogens (tertiary/aromatic N) is 2. The van der Waals surface area contributed by atoms with E-state index in [1.54, 1.807) is 13.8 Å². The Kier molecular flexibility index (Phi) is 6.25. The molecule has 9 heteroatoms. The lowest BCUT2D eigenvalue weighted by molar-refractivity contribution is -0.118. The van der Waals surface area contributed by atoms with Gasteiger partial charge in [0.05, 0.1) is 0 Å². The van der Waals surface area contributed by atoms with Crippen molar-refractivity contribution in [3.8, 4) is 0 Å². The Balaban J connectivity index is 1.90. The molecule has 2 rings (SSSR count). The van der Waals surface area contributed by atoms with E-state index in [-0.39, 0.29) is 21.3 Å². The number of carbonyl (C=O) groups excluding carboxylic acids is 1.